The number of rotatable bonds is 6. The highest BCUT2D eigenvalue weighted by Gasteiger charge is 2.20. The molecule has 0 amide bonds. The Bertz CT molecular complexity index is 667. The zero-order valence-corrected chi connectivity index (χ0v) is 17.5. The zero-order chi connectivity index (χ0) is 19.2. The summed E-state index contributed by atoms with van der Waals surface area (Å²) in [5, 5.41) is 0. The van der Waals surface area contributed by atoms with Crippen LogP contribution in [0.4, 0.5) is 5.69 Å². The van der Waals surface area contributed by atoms with Crippen molar-refractivity contribution in [3.8, 4) is 0 Å². The summed E-state index contributed by atoms with van der Waals surface area (Å²) in [6.45, 7) is 4.13. The monoisotopic (exact) mass is 368 g/mol. The van der Waals surface area contributed by atoms with Crippen molar-refractivity contribution in [1.29, 1.82) is 0 Å². The Kier molecular flexibility index (Phi) is 7.09. The summed E-state index contributed by atoms with van der Waals surface area (Å²) in [4.78, 5) is 19.8. The van der Waals surface area contributed by atoms with E-state index in [1.165, 1.54) is 64.2 Å². The number of aliphatic imine (C=N–C) groups is 1. The van der Waals surface area contributed by atoms with Crippen LogP contribution in [-0.2, 0) is 0 Å². The fourth-order valence-electron chi connectivity index (χ4n) is 4.74. The second kappa shape index (κ2) is 9.52. The zero-order valence-electron chi connectivity index (χ0n) is 17.5. The van der Waals surface area contributed by atoms with Crippen LogP contribution in [0.5, 0.6) is 0 Å². The summed E-state index contributed by atoms with van der Waals surface area (Å²) >= 11 is 0. The van der Waals surface area contributed by atoms with E-state index in [2.05, 4.69) is 37.9 Å². The Morgan fingerprint density at radius 2 is 1.63 bits per heavy atom. The normalized spacial score (nSPS) is 19.5. The average Bonchev–Trinajstić information content (AvgIpc) is 2.69. The number of hydrogen-bond donors (Lipinski definition) is 0. The largest absolute Gasteiger partial charge is 0.363 e. The number of nitrogens with zero attached hydrogens (tertiary/aromatic N) is 2. The quantitative estimate of drug-likeness (QED) is 0.331. The molecule has 3 rings (SSSR count). The van der Waals surface area contributed by atoms with Crippen LogP contribution >= 0.6 is 0 Å². The lowest BCUT2D eigenvalue weighted by atomic mass is 9.84. The van der Waals surface area contributed by atoms with Gasteiger partial charge < -0.3 is 4.90 Å². The molecule has 0 saturated heterocycles. The number of aryl methyl sites for hydroxylation is 2. The molecule has 2 aliphatic rings. The molecule has 0 aliphatic heterocycles. The van der Waals surface area contributed by atoms with E-state index in [9.17, 15) is 4.79 Å². The molecule has 1 aromatic rings. The summed E-state index contributed by atoms with van der Waals surface area (Å²) in [6, 6.07) is 4.78. The molecule has 0 unspecified atom stereocenters. The van der Waals surface area contributed by atoms with E-state index in [0.717, 1.165) is 22.4 Å². The van der Waals surface area contributed by atoms with Crippen LogP contribution in [-0.4, -0.2) is 30.1 Å². The number of hydrogen-bond acceptors (Lipinski definition) is 2. The van der Waals surface area contributed by atoms with E-state index in [0.29, 0.717) is 24.2 Å². The summed E-state index contributed by atoms with van der Waals surface area (Å²) < 4.78 is 0. The van der Waals surface area contributed by atoms with Crippen LogP contribution in [0.1, 0.15) is 92.1 Å². The maximum Gasteiger partial charge on any atom is 0.163 e. The molecule has 2 saturated carbocycles. The molecule has 2 aliphatic carbocycles. The lowest BCUT2D eigenvalue weighted by molar-refractivity contribution is 0.0949. The molecular weight excluding hydrogens is 332 g/mol. The summed E-state index contributed by atoms with van der Waals surface area (Å²) in [7, 11) is 2.14. The minimum absolute atomic E-state index is 0.317. The Balaban J connectivity index is 1.66. The minimum atomic E-state index is 0.317. The summed E-state index contributed by atoms with van der Waals surface area (Å²) in [6.07, 6.45) is 15.6. The van der Waals surface area contributed by atoms with Crippen molar-refractivity contribution in [3.63, 3.8) is 0 Å². The number of Topliss-reactive ketones (excluding diaryl/α,β-unsaturated/α-hetero) is 1. The van der Waals surface area contributed by atoms with Gasteiger partial charge in [-0.2, -0.15) is 0 Å². The van der Waals surface area contributed by atoms with Gasteiger partial charge in [0.1, 0.15) is 0 Å². The maximum absolute atomic E-state index is 12.8. The van der Waals surface area contributed by atoms with Gasteiger partial charge in [0.05, 0.1) is 12.0 Å². The molecular formula is C24H36N2O. The van der Waals surface area contributed by atoms with Crippen LogP contribution in [0.3, 0.4) is 0 Å². The molecule has 0 bridgehead atoms. The molecule has 0 N–H and O–H groups in total. The van der Waals surface area contributed by atoms with Crippen LogP contribution in [0.15, 0.2) is 17.1 Å². The first-order valence-corrected chi connectivity index (χ1v) is 10.9. The summed E-state index contributed by atoms with van der Waals surface area (Å²) in [5.41, 5.74) is 4.05. The highest BCUT2D eigenvalue weighted by atomic mass is 16.1. The van der Waals surface area contributed by atoms with E-state index in [1.54, 1.807) is 0 Å². The Labute approximate surface area is 165 Å². The van der Waals surface area contributed by atoms with E-state index >= 15 is 0 Å². The first kappa shape index (κ1) is 20.1. The highest BCUT2D eigenvalue weighted by molar-refractivity contribution is 5.98. The molecule has 0 radical (unpaired) electrons. The van der Waals surface area contributed by atoms with Gasteiger partial charge in [-0.05, 0) is 55.9 Å². The van der Waals surface area contributed by atoms with Crippen molar-refractivity contribution >= 4 is 17.8 Å². The fourth-order valence-corrected chi connectivity index (χ4v) is 4.74. The topological polar surface area (TPSA) is 32.7 Å². The fraction of sp³-hybridized carbons (Fsp3) is 0.667. The van der Waals surface area contributed by atoms with Gasteiger partial charge in [-0.15, -0.1) is 0 Å². The Morgan fingerprint density at radius 1 is 1.00 bits per heavy atom. The van der Waals surface area contributed by atoms with Crippen LogP contribution in [0, 0.1) is 19.8 Å². The van der Waals surface area contributed by atoms with Gasteiger partial charge in [-0.25, -0.2) is 4.99 Å². The van der Waals surface area contributed by atoms with Crippen LogP contribution < -0.4 is 0 Å². The molecule has 148 valence electrons. The summed E-state index contributed by atoms with van der Waals surface area (Å²) in [5.74, 6) is 0.908. The Morgan fingerprint density at radius 3 is 2.30 bits per heavy atom. The molecule has 27 heavy (non-hydrogen) atoms. The number of benzene rings is 1. The van der Waals surface area contributed by atoms with Gasteiger partial charge >= 0.3 is 0 Å². The molecule has 2 fully saturated rings. The van der Waals surface area contributed by atoms with Crippen molar-refractivity contribution in [2.24, 2.45) is 10.9 Å². The SMILES string of the molecule is Cc1cc(C(=O)CC2CCCCC2)c(C)cc1N=CN(C)C1CCCCC1. The molecule has 0 spiro atoms. The average molecular weight is 369 g/mol. The van der Waals surface area contributed by atoms with Gasteiger partial charge in [0.15, 0.2) is 5.78 Å². The van der Waals surface area contributed by atoms with Crippen molar-refractivity contribution in [2.75, 3.05) is 7.05 Å². The number of ketones is 1. The predicted octanol–water partition coefficient (Wildman–Crippen LogP) is 6.38. The first-order chi connectivity index (χ1) is 13.0. The maximum atomic E-state index is 12.8. The molecule has 3 heteroatoms. The third-order valence-corrected chi connectivity index (χ3v) is 6.57. The van der Waals surface area contributed by atoms with Gasteiger partial charge in [0, 0.05) is 25.1 Å². The molecule has 0 atom stereocenters. The van der Waals surface area contributed by atoms with E-state index < -0.39 is 0 Å². The second-order valence-electron chi connectivity index (χ2n) is 8.79. The van der Waals surface area contributed by atoms with Gasteiger partial charge in [0.2, 0.25) is 0 Å². The molecule has 1 aromatic carbocycles. The van der Waals surface area contributed by atoms with E-state index in [1.807, 2.05) is 6.34 Å². The van der Waals surface area contributed by atoms with Crippen molar-refractivity contribution in [1.82, 2.24) is 4.90 Å². The molecule has 3 nitrogen and oxygen atoms in total. The number of carbonyl (C=O) groups excluding carboxylic acids is 1. The predicted molar refractivity (Wildman–Crippen MR) is 114 cm³/mol. The third kappa shape index (κ3) is 5.43. The van der Waals surface area contributed by atoms with Crippen molar-refractivity contribution in [3.05, 3.63) is 28.8 Å². The second-order valence-corrected chi connectivity index (χ2v) is 8.79. The lowest BCUT2D eigenvalue weighted by Crippen LogP contribution is -2.32. The van der Waals surface area contributed by atoms with Crippen molar-refractivity contribution in [2.45, 2.75) is 90.5 Å². The minimum Gasteiger partial charge on any atom is -0.363 e. The van der Waals surface area contributed by atoms with Gasteiger partial charge in [-0.1, -0.05) is 51.4 Å². The van der Waals surface area contributed by atoms with Gasteiger partial charge in [0.25, 0.3) is 0 Å². The smallest absolute Gasteiger partial charge is 0.163 e. The van der Waals surface area contributed by atoms with Crippen LogP contribution in [0.2, 0.25) is 0 Å². The highest BCUT2D eigenvalue weighted by Crippen LogP contribution is 2.30. The van der Waals surface area contributed by atoms with Crippen LogP contribution in [0.25, 0.3) is 0 Å². The van der Waals surface area contributed by atoms with Crippen molar-refractivity contribution < 1.29 is 4.79 Å². The molecule has 0 aromatic heterocycles. The Hall–Kier alpha value is -1.64. The van der Waals surface area contributed by atoms with E-state index in [-0.39, 0.29) is 0 Å². The van der Waals surface area contributed by atoms with Gasteiger partial charge in [-0.3, -0.25) is 4.79 Å². The third-order valence-electron chi connectivity index (χ3n) is 6.57. The first-order valence-electron chi connectivity index (χ1n) is 10.9. The van der Waals surface area contributed by atoms with E-state index in [4.69, 9.17) is 4.99 Å². The standard InChI is InChI=1S/C24H36N2O/c1-18-15-23(25-17-26(3)21-12-8-5-9-13-21)19(2)14-22(18)24(27)16-20-10-6-4-7-11-20/h14-15,17,20-21H,4-13,16H2,1-3H3. The molecule has 0 heterocycles. The lowest BCUT2D eigenvalue weighted by Gasteiger charge is -2.29. The number of carbonyl (C=O) groups is 1.